The van der Waals surface area contributed by atoms with Gasteiger partial charge >= 0.3 is 0 Å². The molecule has 0 amide bonds. The molecule has 0 N–H and O–H groups in total. The lowest BCUT2D eigenvalue weighted by molar-refractivity contribution is 0.242. The van der Waals surface area contributed by atoms with Crippen molar-refractivity contribution < 1.29 is 8.95 Å². The minimum absolute atomic E-state index is 0.0281. The van der Waals surface area contributed by atoms with Crippen LogP contribution in [0.3, 0.4) is 0 Å². The quantitative estimate of drug-likeness (QED) is 0.277. The summed E-state index contributed by atoms with van der Waals surface area (Å²) in [4.78, 5) is 0. The third-order valence-corrected chi connectivity index (χ3v) is 8.06. The van der Waals surface area contributed by atoms with E-state index in [0.717, 1.165) is 46.5 Å². The predicted molar refractivity (Wildman–Crippen MR) is 174 cm³/mol. The van der Waals surface area contributed by atoms with Gasteiger partial charge in [0.05, 0.1) is 11.7 Å². The van der Waals surface area contributed by atoms with Crippen LogP contribution in [-0.2, 0) is 23.6 Å². The van der Waals surface area contributed by atoms with E-state index in [9.17, 15) is 9.47 Å². The van der Waals surface area contributed by atoms with Crippen molar-refractivity contribution in [1.82, 2.24) is 10.2 Å². The van der Waals surface area contributed by atoms with Crippen molar-refractivity contribution in [2.24, 2.45) is 5.92 Å². The van der Waals surface area contributed by atoms with Gasteiger partial charge in [0.2, 0.25) is 0 Å². The molecule has 1 aromatic heterocycles. The molecule has 1 aliphatic rings. The first-order valence-corrected chi connectivity index (χ1v) is 17.2. The first-order valence-electron chi connectivity index (χ1n) is 14.7. The number of hydrogen-bond acceptors (Lipinski definition) is 6. The monoisotopic (exact) mass is 583 g/mol. The number of rotatable bonds is 7. The summed E-state index contributed by atoms with van der Waals surface area (Å²) in [5.74, 6) is 2.34. The van der Waals surface area contributed by atoms with Gasteiger partial charge in [0.15, 0.2) is 0 Å². The Bertz CT molecular complexity index is 1210. The molecule has 4 rings (SSSR count). The fourth-order valence-electron chi connectivity index (χ4n) is 3.82. The highest BCUT2D eigenvalue weighted by molar-refractivity contribution is 7.84. The van der Waals surface area contributed by atoms with Crippen LogP contribution in [0, 0.1) is 17.2 Å². The van der Waals surface area contributed by atoms with Gasteiger partial charge in [-0.1, -0.05) is 77.5 Å². The number of nitriles is 1. The fraction of sp³-hybridized carbons (Fsp3) is 0.545. The zero-order chi connectivity index (χ0) is 30.1. The summed E-state index contributed by atoms with van der Waals surface area (Å²) in [7, 11) is -0.566. The zero-order valence-electron chi connectivity index (χ0n) is 26.0. The molecule has 1 atom stereocenters. The van der Waals surface area contributed by atoms with Crippen molar-refractivity contribution in [1.29, 1.82) is 5.26 Å². The number of benzene rings is 2. The molecule has 5 nitrogen and oxygen atoms in total. The molecule has 7 heteroatoms. The van der Waals surface area contributed by atoms with E-state index in [2.05, 4.69) is 55.2 Å². The molecule has 1 aliphatic carbocycles. The van der Waals surface area contributed by atoms with Crippen molar-refractivity contribution in [3.05, 3.63) is 53.1 Å². The van der Waals surface area contributed by atoms with Crippen LogP contribution in [0.2, 0.25) is 0 Å². The van der Waals surface area contributed by atoms with Gasteiger partial charge in [0.25, 0.3) is 0 Å². The van der Waals surface area contributed by atoms with Crippen molar-refractivity contribution in [3.63, 3.8) is 0 Å². The van der Waals surface area contributed by atoms with Crippen molar-refractivity contribution in [3.8, 4) is 33.0 Å². The normalized spacial score (nSPS) is 12.4. The maximum atomic E-state index is 10.2. The Morgan fingerprint density at radius 3 is 2.23 bits per heavy atom. The van der Waals surface area contributed by atoms with Crippen LogP contribution in [0.1, 0.15) is 97.8 Å². The Morgan fingerprint density at radius 2 is 1.68 bits per heavy atom. The number of ether oxygens (including phenoxy) is 1. The van der Waals surface area contributed by atoms with Crippen molar-refractivity contribution in [2.75, 3.05) is 12.0 Å². The second kappa shape index (κ2) is 19.5. The largest absolute Gasteiger partial charge is 0.490 e. The highest BCUT2D eigenvalue weighted by Crippen LogP contribution is 2.36. The first kappa shape index (κ1) is 35.5. The molecule has 0 bridgehead atoms. The summed E-state index contributed by atoms with van der Waals surface area (Å²) in [6.07, 6.45) is 8.85. The molecule has 40 heavy (non-hydrogen) atoms. The Morgan fingerprint density at radius 1 is 1.02 bits per heavy atom. The summed E-state index contributed by atoms with van der Waals surface area (Å²) >= 11 is 1.58. The maximum Gasteiger partial charge on any atom is 0.148 e. The van der Waals surface area contributed by atoms with Gasteiger partial charge in [-0.05, 0) is 81.2 Å². The lowest BCUT2D eigenvalue weighted by Gasteiger charge is -2.17. The van der Waals surface area contributed by atoms with Gasteiger partial charge < -0.3 is 4.74 Å². The molecular weight excluding hydrogens is 535 g/mol. The van der Waals surface area contributed by atoms with Crippen LogP contribution < -0.4 is 4.74 Å². The molecule has 2 aromatic carbocycles. The molecule has 0 fully saturated rings. The second-order valence-electron chi connectivity index (χ2n) is 10.1. The van der Waals surface area contributed by atoms with Crippen LogP contribution in [0.25, 0.3) is 21.1 Å². The number of nitrogens with zero attached hydrogens (tertiary/aromatic N) is 3. The number of fused-ring (bicyclic) bond motifs is 1. The Balaban J connectivity index is 0.000000519. The minimum atomic E-state index is -0.566. The number of aryl methyl sites for hydroxylation is 1. The van der Waals surface area contributed by atoms with Crippen LogP contribution in [0.5, 0.6) is 5.75 Å². The van der Waals surface area contributed by atoms with Crippen LogP contribution in [-0.4, -0.2) is 32.5 Å². The van der Waals surface area contributed by atoms with E-state index in [0.29, 0.717) is 11.3 Å². The summed E-state index contributed by atoms with van der Waals surface area (Å²) < 4.78 is 15.9. The highest BCUT2D eigenvalue weighted by atomic mass is 32.2. The van der Waals surface area contributed by atoms with E-state index in [1.165, 1.54) is 36.0 Å². The topological polar surface area (TPSA) is 75.9 Å². The van der Waals surface area contributed by atoms with E-state index >= 15 is 0 Å². The minimum Gasteiger partial charge on any atom is -0.490 e. The third kappa shape index (κ3) is 11.9. The Kier molecular flexibility index (Phi) is 17.3. The third-order valence-electron chi connectivity index (χ3n) is 6.07. The molecule has 0 radical (unpaired) electrons. The number of hydrogen-bond donors (Lipinski definition) is 0. The van der Waals surface area contributed by atoms with Gasteiger partial charge in [-0.25, -0.2) is 0 Å². The van der Waals surface area contributed by atoms with E-state index in [1.54, 1.807) is 17.6 Å². The summed E-state index contributed by atoms with van der Waals surface area (Å²) in [5, 5.41) is 20.1. The molecule has 220 valence electrons. The Labute approximate surface area is 249 Å². The van der Waals surface area contributed by atoms with Crippen molar-refractivity contribution >= 4 is 22.1 Å². The standard InChI is InChI=1S/C22H21N3OS.C5H12.C4H10OS.C2H6/c1-14(2)26-20-11-10-16(12-17(20)13-23)21-24-25-22(27-21)19-9-5-7-15-6-3-4-8-18(15)19;1-4-5(2)3;1-3-4-6(2)5;1-2/h5,7,9-12,14H,3-4,6,8H2,1-2H3;5H,4H2,1-3H3;3-4H2,1-2H3;1-2H3. The predicted octanol–water partition coefficient (Wildman–Crippen LogP) is 9.26. The van der Waals surface area contributed by atoms with E-state index in [4.69, 9.17) is 4.74 Å². The number of aromatic nitrogens is 2. The van der Waals surface area contributed by atoms with Crippen molar-refractivity contribution in [2.45, 2.75) is 100 Å². The zero-order valence-corrected chi connectivity index (χ0v) is 27.7. The molecule has 1 unspecified atom stereocenters. The average molecular weight is 584 g/mol. The summed E-state index contributed by atoms with van der Waals surface area (Å²) in [5.41, 5.74) is 5.49. The fourth-order valence-corrected chi connectivity index (χ4v) is 5.29. The van der Waals surface area contributed by atoms with Crippen LogP contribution in [0.15, 0.2) is 36.4 Å². The van der Waals surface area contributed by atoms with Gasteiger partial charge in [-0.15, -0.1) is 10.2 Å². The molecule has 1 heterocycles. The smallest absolute Gasteiger partial charge is 0.148 e. The van der Waals surface area contributed by atoms with E-state index in [1.807, 2.05) is 52.8 Å². The highest BCUT2D eigenvalue weighted by Gasteiger charge is 2.18. The SMILES string of the molecule is CC.CC(C)Oc1ccc(-c2nnc(-c3cccc4c3CCCC4)s2)cc1C#N.CCC(C)C.CCCS(C)=O. The van der Waals surface area contributed by atoms with Gasteiger partial charge in [-0.2, -0.15) is 5.26 Å². The first-order chi connectivity index (χ1) is 19.2. The van der Waals surface area contributed by atoms with E-state index in [-0.39, 0.29) is 6.10 Å². The van der Waals surface area contributed by atoms with Gasteiger partial charge in [0, 0.05) is 33.9 Å². The van der Waals surface area contributed by atoms with Crippen LogP contribution >= 0.6 is 11.3 Å². The lowest BCUT2D eigenvalue weighted by Crippen LogP contribution is -2.06. The maximum absolute atomic E-state index is 10.2. The lowest BCUT2D eigenvalue weighted by atomic mass is 9.88. The molecule has 0 spiro atoms. The van der Waals surface area contributed by atoms with Gasteiger partial charge in [-0.3, -0.25) is 4.21 Å². The molecule has 0 saturated heterocycles. The van der Waals surface area contributed by atoms with E-state index < -0.39 is 10.8 Å². The molecule has 0 aliphatic heterocycles. The summed E-state index contributed by atoms with van der Waals surface area (Å²) in [6, 6.07) is 14.3. The molecule has 3 aromatic rings. The molecule has 0 saturated carbocycles. The molecular formula is C33H49N3O2S2. The Hall–Kier alpha value is -2.56. The van der Waals surface area contributed by atoms with Gasteiger partial charge in [0.1, 0.15) is 21.8 Å². The second-order valence-corrected chi connectivity index (χ2v) is 12.7. The average Bonchev–Trinajstić information content (AvgIpc) is 3.44. The van der Waals surface area contributed by atoms with Crippen LogP contribution in [0.4, 0.5) is 0 Å². The summed E-state index contributed by atoms with van der Waals surface area (Å²) in [6.45, 7) is 16.6.